The Labute approximate surface area is 180 Å². The van der Waals surface area contributed by atoms with Gasteiger partial charge in [-0.3, -0.25) is 4.98 Å². The number of hydrogen-bond acceptors (Lipinski definition) is 5. The molecule has 1 fully saturated rings. The molecule has 0 saturated carbocycles. The van der Waals surface area contributed by atoms with E-state index in [0.29, 0.717) is 31.1 Å². The SMILES string of the molecule is CC(C)(C)OC(=O)N[C@H]1COCC[C@@H]1COc1ccc(-c2ncc(Cl)cc2F)cc1. The van der Waals surface area contributed by atoms with E-state index in [1.54, 1.807) is 24.3 Å². The van der Waals surface area contributed by atoms with Crippen molar-refractivity contribution in [3.05, 3.63) is 47.4 Å². The van der Waals surface area contributed by atoms with E-state index in [4.69, 9.17) is 25.8 Å². The summed E-state index contributed by atoms with van der Waals surface area (Å²) in [7, 11) is 0. The van der Waals surface area contributed by atoms with E-state index >= 15 is 0 Å². The van der Waals surface area contributed by atoms with E-state index < -0.39 is 17.5 Å². The minimum absolute atomic E-state index is 0.0846. The first-order chi connectivity index (χ1) is 14.2. The average molecular weight is 437 g/mol. The van der Waals surface area contributed by atoms with Gasteiger partial charge in [0.25, 0.3) is 0 Å². The lowest BCUT2D eigenvalue weighted by Gasteiger charge is -2.32. The first-order valence-corrected chi connectivity index (χ1v) is 10.2. The predicted molar refractivity (Wildman–Crippen MR) is 112 cm³/mol. The molecule has 1 aliphatic rings. The molecule has 0 unspecified atom stereocenters. The zero-order valence-corrected chi connectivity index (χ0v) is 18.0. The van der Waals surface area contributed by atoms with Crippen LogP contribution >= 0.6 is 11.6 Å². The van der Waals surface area contributed by atoms with Crippen LogP contribution in [-0.4, -0.2) is 42.5 Å². The number of pyridine rings is 1. The number of carbonyl (C=O) groups is 1. The van der Waals surface area contributed by atoms with Crippen molar-refractivity contribution < 1.29 is 23.4 Å². The van der Waals surface area contributed by atoms with E-state index in [-0.39, 0.29) is 22.7 Å². The van der Waals surface area contributed by atoms with Crippen molar-refractivity contribution in [3.8, 4) is 17.0 Å². The van der Waals surface area contributed by atoms with Crippen molar-refractivity contribution >= 4 is 17.7 Å². The summed E-state index contributed by atoms with van der Waals surface area (Å²) in [4.78, 5) is 16.1. The monoisotopic (exact) mass is 436 g/mol. The fourth-order valence-corrected chi connectivity index (χ4v) is 3.28. The van der Waals surface area contributed by atoms with Gasteiger partial charge in [0, 0.05) is 24.3 Å². The fourth-order valence-electron chi connectivity index (χ4n) is 3.14. The zero-order valence-electron chi connectivity index (χ0n) is 17.3. The van der Waals surface area contributed by atoms with Crippen molar-refractivity contribution in [2.24, 2.45) is 5.92 Å². The smallest absolute Gasteiger partial charge is 0.407 e. The van der Waals surface area contributed by atoms with Crippen molar-refractivity contribution in [2.75, 3.05) is 19.8 Å². The van der Waals surface area contributed by atoms with Crippen molar-refractivity contribution in [2.45, 2.75) is 38.8 Å². The van der Waals surface area contributed by atoms with Crippen LogP contribution in [0.15, 0.2) is 36.5 Å². The highest BCUT2D eigenvalue weighted by Gasteiger charge is 2.29. The van der Waals surface area contributed by atoms with Crippen LogP contribution in [0.3, 0.4) is 0 Å². The normalized spacial score (nSPS) is 19.2. The molecule has 1 saturated heterocycles. The fraction of sp³-hybridized carbons (Fsp3) is 0.455. The molecule has 8 heteroatoms. The topological polar surface area (TPSA) is 69.7 Å². The third kappa shape index (κ3) is 6.31. The summed E-state index contributed by atoms with van der Waals surface area (Å²) in [5.41, 5.74) is 0.301. The van der Waals surface area contributed by atoms with Gasteiger partial charge in [-0.25, -0.2) is 9.18 Å². The summed E-state index contributed by atoms with van der Waals surface area (Å²) in [6, 6.07) is 8.06. The summed E-state index contributed by atoms with van der Waals surface area (Å²) < 4.78 is 30.8. The predicted octanol–water partition coefficient (Wildman–Crippen LogP) is 4.85. The van der Waals surface area contributed by atoms with Crippen LogP contribution in [0.5, 0.6) is 5.75 Å². The Morgan fingerprint density at radius 1 is 1.33 bits per heavy atom. The summed E-state index contributed by atoms with van der Waals surface area (Å²) >= 11 is 5.75. The van der Waals surface area contributed by atoms with E-state index in [2.05, 4.69) is 10.3 Å². The van der Waals surface area contributed by atoms with Crippen LogP contribution in [0.1, 0.15) is 27.2 Å². The number of benzene rings is 1. The van der Waals surface area contributed by atoms with Gasteiger partial charge in [0.2, 0.25) is 0 Å². The van der Waals surface area contributed by atoms with Gasteiger partial charge in [0.05, 0.1) is 24.3 Å². The maximum absolute atomic E-state index is 14.0. The Bertz CT molecular complexity index is 870. The molecule has 1 aromatic heterocycles. The van der Waals surface area contributed by atoms with Crippen LogP contribution in [0, 0.1) is 11.7 Å². The highest BCUT2D eigenvalue weighted by molar-refractivity contribution is 6.30. The Morgan fingerprint density at radius 3 is 2.73 bits per heavy atom. The van der Waals surface area contributed by atoms with Gasteiger partial charge in [-0.2, -0.15) is 0 Å². The summed E-state index contributed by atoms with van der Waals surface area (Å²) in [6.07, 6.45) is 1.70. The minimum atomic E-state index is -0.564. The van der Waals surface area contributed by atoms with Gasteiger partial charge >= 0.3 is 6.09 Å². The molecule has 2 aromatic rings. The largest absolute Gasteiger partial charge is 0.493 e. The molecule has 3 rings (SSSR count). The molecule has 2 atom stereocenters. The molecular formula is C22H26ClFN2O4. The first-order valence-electron chi connectivity index (χ1n) is 9.83. The molecule has 0 radical (unpaired) electrons. The van der Waals surface area contributed by atoms with E-state index in [0.717, 1.165) is 6.42 Å². The number of hydrogen-bond donors (Lipinski definition) is 1. The van der Waals surface area contributed by atoms with Crippen LogP contribution in [-0.2, 0) is 9.47 Å². The summed E-state index contributed by atoms with van der Waals surface area (Å²) in [5.74, 6) is 0.256. The number of alkyl carbamates (subject to hydrolysis) is 1. The number of ether oxygens (including phenoxy) is 3. The Balaban J connectivity index is 1.58. The lowest BCUT2D eigenvalue weighted by atomic mass is 9.96. The molecule has 0 bridgehead atoms. The van der Waals surface area contributed by atoms with Gasteiger partial charge in [-0.1, -0.05) is 11.6 Å². The van der Waals surface area contributed by atoms with E-state index in [1.165, 1.54) is 12.3 Å². The number of amides is 1. The highest BCUT2D eigenvalue weighted by atomic mass is 35.5. The molecule has 2 heterocycles. The number of rotatable bonds is 5. The molecule has 1 N–H and O–H groups in total. The quantitative estimate of drug-likeness (QED) is 0.725. The van der Waals surface area contributed by atoms with Crippen molar-refractivity contribution in [1.29, 1.82) is 0 Å². The van der Waals surface area contributed by atoms with Gasteiger partial charge < -0.3 is 19.5 Å². The molecule has 1 aliphatic heterocycles. The highest BCUT2D eigenvalue weighted by Crippen LogP contribution is 2.26. The molecule has 6 nitrogen and oxygen atoms in total. The van der Waals surface area contributed by atoms with Crippen LogP contribution in [0.25, 0.3) is 11.3 Å². The molecular weight excluding hydrogens is 411 g/mol. The van der Waals surface area contributed by atoms with Crippen LogP contribution in [0.2, 0.25) is 5.02 Å². The summed E-state index contributed by atoms with van der Waals surface area (Å²) in [6.45, 7) is 6.89. The molecule has 1 aromatic carbocycles. The second kappa shape index (κ2) is 9.62. The van der Waals surface area contributed by atoms with Crippen molar-refractivity contribution in [1.82, 2.24) is 10.3 Å². The number of nitrogens with zero attached hydrogens (tertiary/aromatic N) is 1. The van der Waals surface area contributed by atoms with E-state index in [1.807, 2.05) is 20.8 Å². The Hall–Kier alpha value is -2.38. The maximum Gasteiger partial charge on any atom is 0.407 e. The molecule has 1 amide bonds. The van der Waals surface area contributed by atoms with Crippen LogP contribution in [0.4, 0.5) is 9.18 Å². The average Bonchev–Trinajstić information content (AvgIpc) is 2.66. The number of carbonyl (C=O) groups excluding carboxylic acids is 1. The third-order valence-electron chi connectivity index (χ3n) is 4.60. The van der Waals surface area contributed by atoms with Gasteiger partial charge in [-0.05, 0) is 57.5 Å². The van der Waals surface area contributed by atoms with Gasteiger partial charge in [0.1, 0.15) is 17.0 Å². The maximum atomic E-state index is 14.0. The molecule has 0 spiro atoms. The first kappa shape index (κ1) is 22.3. The Morgan fingerprint density at radius 2 is 2.07 bits per heavy atom. The lowest BCUT2D eigenvalue weighted by Crippen LogP contribution is -2.49. The molecule has 30 heavy (non-hydrogen) atoms. The van der Waals surface area contributed by atoms with Gasteiger partial charge in [-0.15, -0.1) is 0 Å². The molecule has 0 aliphatic carbocycles. The molecule has 162 valence electrons. The zero-order chi connectivity index (χ0) is 21.7. The number of halogens is 2. The van der Waals surface area contributed by atoms with E-state index in [9.17, 15) is 9.18 Å². The van der Waals surface area contributed by atoms with Crippen molar-refractivity contribution in [3.63, 3.8) is 0 Å². The lowest BCUT2D eigenvalue weighted by molar-refractivity contribution is 0.00738. The Kier molecular flexibility index (Phi) is 7.15. The number of aromatic nitrogens is 1. The van der Waals surface area contributed by atoms with Crippen LogP contribution < -0.4 is 10.1 Å². The second-order valence-electron chi connectivity index (χ2n) is 8.20. The second-order valence-corrected chi connectivity index (χ2v) is 8.63. The standard InChI is InChI=1S/C22H26ClFN2O4/c1-22(2,3)30-21(27)26-19-13-28-9-8-15(19)12-29-17-6-4-14(5-7-17)20-18(24)10-16(23)11-25-20/h4-7,10-11,15,19H,8-9,12-13H2,1-3H3,(H,26,27)/t15-,19+/m1/s1. The van der Waals surface area contributed by atoms with Gasteiger partial charge in [0.15, 0.2) is 5.82 Å². The summed E-state index contributed by atoms with van der Waals surface area (Å²) in [5, 5.41) is 3.13. The minimum Gasteiger partial charge on any atom is -0.493 e. The number of nitrogens with one attached hydrogen (secondary N) is 1. The third-order valence-corrected chi connectivity index (χ3v) is 4.81.